The number of ether oxygens (including phenoxy) is 1. The monoisotopic (exact) mass is 323 g/mol. The van der Waals surface area contributed by atoms with Gasteiger partial charge >= 0.3 is 0 Å². The molecule has 7 nitrogen and oxygen atoms in total. The van der Waals surface area contributed by atoms with E-state index in [0.717, 1.165) is 0 Å². The molecule has 1 amide bonds. The highest BCUT2D eigenvalue weighted by atomic mass is 35.7. The fraction of sp³-hybridized carbons (Fsp3) is 0.636. The third-order valence-corrected chi connectivity index (χ3v) is 4.11. The maximum atomic E-state index is 12.2. The average molecular weight is 324 g/mol. The Hall–Kier alpha value is -1.12. The number of aromatic amines is 1. The molecule has 0 unspecified atom stereocenters. The molecule has 0 aliphatic heterocycles. The van der Waals surface area contributed by atoms with E-state index in [0.29, 0.717) is 31.7 Å². The first-order chi connectivity index (χ1) is 9.32. The van der Waals surface area contributed by atoms with Gasteiger partial charge in [-0.05, 0) is 6.42 Å². The number of aryl methyl sites for hydroxylation is 1. The number of halogens is 1. The molecule has 0 spiro atoms. The van der Waals surface area contributed by atoms with Crippen LogP contribution in [0.3, 0.4) is 0 Å². The van der Waals surface area contributed by atoms with Crippen molar-refractivity contribution in [3.05, 3.63) is 11.4 Å². The average Bonchev–Trinajstić information content (AvgIpc) is 2.79. The molecule has 0 aromatic carbocycles. The highest BCUT2D eigenvalue weighted by Gasteiger charge is 2.29. The number of nitrogens with zero attached hydrogens (tertiary/aromatic N) is 2. The van der Waals surface area contributed by atoms with E-state index >= 15 is 0 Å². The third kappa shape index (κ3) is 3.94. The largest absolute Gasteiger partial charge is 0.383 e. The van der Waals surface area contributed by atoms with Crippen LogP contribution in [0.5, 0.6) is 0 Å². The van der Waals surface area contributed by atoms with E-state index in [-0.39, 0.29) is 10.6 Å². The van der Waals surface area contributed by atoms with Crippen molar-refractivity contribution in [2.24, 2.45) is 0 Å². The number of amides is 1. The molecule has 0 bridgehead atoms. The molecule has 0 saturated heterocycles. The molecule has 1 heterocycles. The lowest BCUT2D eigenvalue weighted by atomic mass is 10.2. The first-order valence-electron chi connectivity index (χ1n) is 6.09. The Morgan fingerprint density at radius 3 is 2.65 bits per heavy atom. The summed E-state index contributed by atoms with van der Waals surface area (Å²) in [5.74, 6) is -0.514. The van der Waals surface area contributed by atoms with Crippen molar-refractivity contribution >= 4 is 25.6 Å². The summed E-state index contributed by atoms with van der Waals surface area (Å²) >= 11 is 0. The molecule has 1 N–H and O–H groups in total. The number of likely N-dealkylation sites (N-methyl/N-ethyl adjacent to an activating group) is 1. The molecule has 0 aliphatic rings. The zero-order valence-corrected chi connectivity index (χ0v) is 13.2. The Morgan fingerprint density at radius 1 is 1.50 bits per heavy atom. The molecule has 9 heteroatoms. The Balaban J connectivity index is 3.15. The van der Waals surface area contributed by atoms with E-state index in [1.165, 1.54) is 12.0 Å². The van der Waals surface area contributed by atoms with Gasteiger partial charge in [0.05, 0.1) is 12.3 Å². The number of hydrogen-bond acceptors (Lipinski definition) is 5. The summed E-state index contributed by atoms with van der Waals surface area (Å²) in [5.41, 5.74) is 0.174. The number of methoxy groups -OCH3 is 1. The summed E-state index contributed by atoms with van der Waals surface area (Å²) in [6, 6.07) is 0. The van der Waals surface area contributed by atoms with Gasteiger partial charge in [0.1, 0.15) is 4.90 Å². The molecule has 0 aliphatic carbocycles. The van der Waals surface area contributed by atoms with Crippen LogP contribution in [0.1, 0.15) is 29.5 Å². The van der Waals surface area contributed by atoms with Crippen molar-refractivity contribution in [3.8, 4) is 0 Å². The molecular weight excluding hydrogens is 306 g/mol. The van der Waals surface area contributed by atoms with Crippen molar-refractivity contribution in [2.45, 2.75) is 24.7 Å². The smallest absolute Gasteiger partial charge is 0.275 e. The zero-order chi connectivity index (χ0) is 15.3. The van der Waals surface area contributed by atoms with Gasteiger partial charge in [-0.3, -0.25) is 9.89 Å². The van der Waals surface area contributed by atoms with Crippen LogP contribution in [-0.4, -0.2) is 56.7 Å². The number of rotatable bonds is 7. The van der Waals surface area contributed by atoms with Gasteiger partial charge in [0.15, 0.2) is 5.69 Å². The van der Waals surface area contributed by atoms with Crippen LogP contribution < -0.4 is 0 Å². The van der Waals surface area contributed by atoms with Crippen LogP contribution in [-0.2, 0) is 20.2 Å². The van der Waals surface area contributed by atoms with Crippen LogP contribution >= 0.6 is 10.7 Å². The topological polar surface area (TPSA) is 92.4 Å². The first kappa shape index (κ1) is 16.9. The molecule has 1 aromatic rings. The second kappa shape index (κ2) is 7.05. The lowest BCUT2D eigenvalue weighted by Gasteiger charge is -2.15. The van der Waals surface area contributed by atoms with Gasteiger partial charge in [-0.1, -0.05) is 13.3 Å². The van der Waals surface area contributed by atoms with Crippen LogP contribution in [0.4, 0.5) is 0 Å². The van der Waals surface area contributed by atoms with Crippen molar-refractivity contribution in [1.82, 2.24) is 15.1 Å². The van der Waals surface area contributed by atoms with E-state index in [4.69, 9.17) is 15.4 Å². The number of aromatic nitrogens is 2. The Labute approximate surface area is 122 Å². The van der Waals surface area contributed by atoms with Gasteiger partial charge < -0.3 is 9.64 Å². The van der Waals surface area contributed by atoms with Crippen molar-refractivity contribution in [2.75, 3.05) is 27.3 Å². The molecule has 1 aromatic heterocycles. The van der Waals surface area contributed by atoms with Crippen LogP contribution in [0.25, 0.3) is 0 Å². The van der Waals surface area contributed by atoms with Crippen molar-refractivity contribution in [1.29, 1.82) is 0 Å². The molecule has 1 rings (SSSR count). The zero-order valence-electron chi connectivity index (χ0n) is 11.6. The number of hydrogen-bond donors (Lipinski definition) is 1. The van der Waals surface area contributed by atoms with E-state index < -0.39 is 15.0 Å². The van der Waals surface area contributed by atoms with Crippen molar-refractivity contribution < 1.29 is 17.9 Å². The van der Waals surface area contributed by atoms with Gasteiger partial charge in [-0.15, -0.1) is 0 Å². The van der Waals surface area contributed by atoms with Crippen LogP contribution in [0.2, 0.25) is 0 Å². The van der Waals surface area contributed by atoms with E-state index in [1.807, 2.05) is 6.92 Å². The van der Waals surface area contributed by atoms with Gasteiger partial charge in [-0.25, -0.2) is 8.42 Å². The van der Waals surface area contributed by atoms with Gasteiger partial charge in [0.25, 0.3) is 15.0 Å². The minimum absolute atomic E-state index is 0.179. The number of H-pyrrole nitrogens is 1. The molecule has 0 radical (unpaired) electrons. The maximum Gasteiger partial charge on any atom is 0.275 e. The summed E-state index contributed by atoms with van der Waals surface area (Å²) in [4.78, 5) is 13.3. The number of carbonyl (C=O) groups excluding carboxylic acids is 1. The van der Waals surface area contributed by atoms with Crippen LogP contribution in [0.15, 0.2) is 4.90 Å². The molecule has 20 heavy (non-hydrogen) atoms. The third-order valence-electron chi connectivity index (χ3n) is 2.72. The Bertz CT molecular complexity index is 570. The second-order valence-corrected chi connectivity index (χ2v) is 6.79. The Morgan fingerprint density at radius 2 is 2.15 bits per heavy atom. The van der Waals surface area contributed by atoms with E-state index in [2.05, 4.69) is 10.2 Å². The fourth-order valence-electron chi connectivity index (χ4n) is 1.71. The van der Waals surface area contributed by atoms with E-state index in [9.17, 15) is 13.2 Å². The number of carbonyl (C=O) groups is 1. The van der Waals surface area contributed by atoms with Gasteiger partial charge in [0.2, 0.25) is 0 Å². The normalized spacial score (nSPS) is 11.6. The summed E-state index contributed by atoms with van der Waals surface area (Å²) in [5, 5.41) is 6.39. The summed E-state index contributed by atoms with van der Waals surface area (Å²) in [6.07, 6.45) is 1.15. The minimum atomic E-state index is -4.04. The molecule has 0 atom stereocenters. The fourth-order valence-corrected chi connectivity index (χ4v) is 3.01. The lowest BCUT2D eigenvalue weighted by molar-refractivity contribution is 0.0735. The highest BCUT2D eigenvalue weighted by Crippen LogP contribution is 2.24. The van der Waals surface area contributed by atoms with Crippen LogP contribution in [0, 0.1) is 0 Å². The predicted octanol–water partition coefficient (Wildman–Crippen LogP) is 1.01. The first-order valence-corrected chi connectivity index (χ1v) is 8.40. The predicted molar refractivity (Wildman–Crippen MR) is 74.5 cm³/mol. The van der Waals surface area contributed by atoms with Gasteiger partial charge in [-0.2, -0.15) is 5.10 Å². The summed E-state index contributed by atoms with van der Waals surface area (Å²) < 4.78 is 28.2. The Kier molecular flexibility index (Phi) is 5.97. The SMILES string of the molecule is CCCc1[nH]nc(C(=O)N(C)CCOC)c1S(=O)(=O)Cl. The quantitative estimate of drug-likeness (QED) is 0.756. The molecule has 0 fully saturated rings. The lowest BCUT2D eigenvalue weighted by Crippen LogP contribution is -2.31. The van der Waals surface area contributed by atoms with Crippen molar-refractivity contribution in [3.63, 3.8) is 0 Å². The minimum Gasteiger partial charge on any atom is -0.383 e. The molecule has 0 saturated carbocycles. The second-order valence-electron chi connectivity index (χ2n) is 4.29. The molecular formula is C11H18ClN3O4S. The van der Waals surface area contributed by atoms with Gasteiger partial charge in [0, 0.05) is 31.4 Å². The summed E-state index contributed by atoms with van der Waals surface area (Å²) in [7, 11) is 4.43. The van der Waals surface area contributed by atoms with E-state index in [1.54, 1.807) is 7.05 Å². The summed E-state index contributed by atoms with van der Waals surface area (Å²) in [6.45, 7) is 2.56. The molecule has 114 valence electrons. The standard InChI is InChI=1S/C11H18ClN3O4S/c1-4-5-8-10(20(12,17)18)9(14-13-8)11(16)15(2)6-7-19-3/h4-7H2,1-3H3,(H,13,14). The maximum absolute atomic E-state index is 12.2. The number of nitrogens with one attached hydrogen (secondary N) is 1. The highest BCUT2D eigenvalue weighted by molar-refractivity contribution is 8.13.